The maximum atomic E-state index is 11.7. The van der Waals surface area contributed by atoms with Gasteiger partial charge in [0.25, 0.3) is 0 Å². The van der Waals surface area contributed by atoms with E-state index in [2.05, 4.69) is 0 Å². The van der Waals surface area contributed by atoms with Crippen molar-refractivity contribution in [3.63, 3.8) is 0 Å². The Kier molecular flexibility index (Phi) is 8.55. The molecule has 0 radical (unpaired) electrons. The van der Waals surface area contributed by atoms with E-state index < -0.39 is 0 Å². The second kappa shape index (κ2) is 9.03. The molecule has 0 rings (SSSR count). The summed E-state index contributed by atoms with van der Waals surface area (Å²) >= 11 is 0. The van der Waals surface area contributed by atoms with Gasteiger partial charge in [0, 0.05) is 19.5 Å². The number of ether oxygens (including phenoxy) is 2. The predicted molar refractivity (Wildman–Crippen MR) is 83.0 cm³/mol. The number of rotatable bonds is 8. The Morgan fingerprint density at radius 3 is 1.81 bits per heavy atom. The molecule has 0 aromatic rings. The highest BCUT2D eigenvalue weighted by Crippen LogP contribution is 2.19. The van der Waals surface area contributed by atoms with Crippen LogP contribution in [-0.4, -0.2) is 49.2 Å². The number of hydrogen-bond acceptors (Lipinski definition) is 5. The molecule has 0 amide bonds. The summed E-state index contributed by atoms with van der Waals surface area (Å²) in [6, 6.07) is 0. The molecule has 124 valence electrons. The van der Waals surface area contributed by atoms with Gasteiger partial charge in [0.2, 0.25) is 0 Å². The van der Waals surface area contributed by atoms with Crippen LogP contribution in [0.3, 0.4) is 0 Å². The Morgan fingerprint density at radius 2 is 1.43 bits per heavy atom. The Hall–Kier alpha value is -1.10. The lowest BCUT2D eigenvalue weighted by Crippen LogP contribution is -2.36. The van der Waals surface area contributed by atoms with Crippen LogP contribution in [-0.2, 0) is 19.1 Å². The van der Waals surface area contributed by atoms with Gasteiger partial charge in [0.1, 0.15) is 12.2 Å². The fraction of sp³-hybridized carbons (Fsp3) is 0.875. The first-order chi connectivity index (χ1) is 9.53. The summed E-state index contributed by atoms with van der Waals surface area (Å²) in [4.78, 5) is 24.9. The van der Waals surface area contributed by atoms with Gasteiger partial charge < -0.3 is 9.47 Å². The zero-order valence-corrected chi connectivity index (χ0v) is 14.6. The summed E-state index contributed by atoms with van der Waals surface area (Å²) in [5.74, 6) is -0.366. The molecule has 0 aliphatic heterocycles. The second-order valence-electron chi connectivity index (χ2n) is 6.91. The molecule has 5 heteroatoms. The Morgan fingerprint density at radius 1 is 1.00 bits per heavy atom. The van der Waals surface area contributed by atoms with Crippen molar-refractivity contribution in [2.24, 2.45) is 5.41 Å². The molecule has 0 N–H and O–H groups in total. The summed E-state index contributed by atoms with van der Waals surface area (Å²) in [6.45, 7) is 12.8. The third-order valence-corrected chi connectivity index (χ3v) is 2.77. The molecule has 5 nitrogen and oxygen atoms in total. The smallest absolute Gasteiger partial charge is 0.306 e. The fourth-order valence-electron chi connectivity index (χ4n) is 2.03. The molecule has 0 bridgehead atoms. The molecule has 2 unspecified atom stereocenters. The van der Waals surface area contributed by atoms with Crippen molar-refractivity contribution in [2.75, 3.05) is 20.1 Å². The normalized spacial score (nSPS) is 14.7. The number of carbonyl (C=O) groups is 2. The van der Waals surface area contributed by atoms with Crippen molar-refractivity contribution in [3.8, 4) is 0 Å². The van der Waals surface area contributed by atoms with Crippen LogP contribution in [0.1, 0.15) is 54.4 Å². The third kappa shape index (κ3) is 11.3. The lowest BCUT2D eigenvalue weighted by atomic mass is 9.92. The Bertz CT molecular complexity index is 336. The zero-order chi connectivity index (χ0) is 16.6. The average molecular weight is 301 g/mol. The maximum Gasteiger partial charge on any atom is 0.306 e. The minimum atomic E-state index is -0.194. The monoisotopic (exact) mass is 301 g/mol. The molecule has 0 aromatic heterocycles. The van der Waals surface area contributed by atoms with E-state index in [0.717, 1.165) is 0 Å². The topological polar surface area (TPSA) is 55.8 Å². The summed E-state index contributed by atoms with van der Waals surface area (Å²) in [5.41, 5.74) is -0.0639. The summed E-state index contributed by atoms with van der Waals surface area (Å²) < 4.78 is 10.6. The van der Waals surface area contributed by atoms with Crippen LogP contribution in [0.5, 0.6) is 0 Å². The van der Waals surface area contributed by atoms with Crippen LogP contribution >= 0.6 is 0 Å². The lowest BCUT2D eigenvalue weighted by Gasteiger charge is -2.25. The van der Waals surface area contributed by atoms with Crippen molar-refractivity contribution in [1.82, 2.24) is 4.90 Å². The number of hydrogen-bond donors (Lipinski definition) is 0. The quantitative estimate of drug-likeness (QED) is 0.645. The van der Waals surface area contributed by atoms with Gasteiger partial charge in [-0.25, -0.2) is 0 Å². The van der Waals surface area contributed by atoms with Crippen LogP contribution in [0.2, 0.25) is 0 Å². The van der Waals surface area contributed by atoms with Gasteiger partial charge in [-0.15, -0.1) is 0 Å². The first-order valence-electron chi connectivity index (χ1n) is 7.61. The number of likely N-dealkylation sites (N-methyl/N-ethyl adjacent to an activating group) is 1. The van der Waals surface area contributed by atoms with Crippen LogP contribution < -0.4 is 0 Å². The van der Waals surface area contributed by atoms with E-state index in [4.69, 9.17) is 9.47 Å². The number of nitrogens with zero attached hydrogens (tertiary/aromatic N) is 1. The van der Waals surface area contributed by atoms with E-state index in [-0.39, 0.29) is 29.6 Å². The minimum absolute atomic E-state index is 0.0639. The van der Waals surface area contributed by atoms with Gasteiger partial charge in [-0.3, -0.25) is 14.5 Å². The van der Waals surface area contributed by atoms with Gasteiger partial charge in [0.05, 0.1) is 6.42 Å². The molecule has 2 atom stereocenters. The van der Waals surface area contributed by atoms with E-state index in [0.29, 0.717) is 25.9 Å². The largest absolute Gasteiger partial charge is 0.461 e. The summed E-state index contributed by atoms with van der Waals surface area (Å²) in [7, 11) is 1.92. The van der Waals surface area contributed by atoms with Gasteiger partial charge in [-0.05, 0) is 26.3 Å². The highest BCUT2D eigenvalue weighted by atomic mass is 16.5. The van der Waals surface area contributed by atoms with Gasteiger partial charge in [-0.2, -0.15) is 0 Å². The molecule has 0 fully saturated rings. The number of carbonyl (C=O) groups excluding carboxylic acids is 2. The van der Waals surface area contributed by atoms with E-state index >= 15 is 0 Å². The second-order valence-corrected chi connectivity index (χ2v) is 6.91. The molecule has 0 aliphatic carbocycles. The summed E-state index contributed by atoms with van der Waals surface area (Å²) in [6.07, 6.45) is 0.444. The molecular formula is C16H31NO4. The molecule has 0 saturated heterocycles. The van der Waals surface area contributed by atoms with Crippen molar-refractivity contribution in [3.05, 3.63) is 0 Å². The molecule has 0 aliphatic rings. The molecular weight excluding hydrogens is 270 g/mol. The van der Waals surface area contributed by atoms with E-state index in [1.165, 1.54) is 0 Å². The third-order valence-electron chi connectivity index (χ3n) is 2.77. The van der Waals surface area contributed by atoms with Crippen LogP contribution in [0.4, 0.5) is 0 Å². The maximum absolute atomic E-state index is 11.7. The molecule has 0 heterocycles. The van der Waals surface area contributed by atoms with Crippen molar-refractivity contribution in [2.45, 2.75) is 66.6 Å². The highest BCUT2D eigenvalue weighted by Gasteiger charge is 2.20. The zero-order valence-electron chi connectivity index (χ0n) is 14.6. The van der Waals surface area contributed by atoms with Crippen molar-refractivity contribution >= 4 is 11.9 Å². The molecule has 21 heavy (non-hydrogen) atoms. The van der Waals surface area contributed by atoms with Gasteiger partial charge >= 0.3 is 11.9 Å². The molecule has 0 aromatic carbocycles. The van der Waals surface area contributed by atoms with Gasteiger partial charge in [0.15, 0.2) is 0 Å². The lowest BCUT2D eigenvalue weighted by molar-refractivity contribution is -0.151. The Labute approximate surface area is 129 Å². The van der Waals surface area contributed by atoms with E-state index in [1.807, 2.05) is 46.6 Å². The SMILES string of the molecule is CCC(=O)OC(C)CN(C)CC(C)OC(=O)CC(C)(C)C. The van der Waals surface area contributed by atoms with Crippen molar-refractivity contribution in [1.29, 1.82) is 0 Å². The van der Waals surface area contributed by atoms with Crippen molar-refractivity contribution < 1.29 is 19.1 Å². The first-order valence-corrected chi connectivity index (χ1v) is 7.61. The van der Waals surface area contributed by atoms with Gasteiger partial charge in [-0.1, -0.05) is 27.7 Å². The fourth-order valence-corrected chi connectivity index (χ4v) is 2.03. The van der Waals surface area contributed by atoms with Crippen LogP contribution in [0.15, 0.2) is 0 Å². The van der Waals surface area contributed by atoms with Crippen LogP contribution in [0.25, 0.3) is 0 Å². The average Bonchev–Trinajstić information content (AvgIpc) is 2.24. The molecule has 0 spiro atoms. The van der Waals surface area contributed by atoms with E-state index in [9.17, 15) is 9.59 Å². The highest BCUT2D eigenvalue weighted by molar-refractivity contribution is 5.70. The van der Waals surface area contributed by atoms with E-state index in [1.54, 1.807) is 6.92 Å². The Balaban J connectivity index is 4.06. The van der Waals surface area contributed by atoms with Crippen LogP contribution in [0, 0.1) is 5.41 Å². The predicted octanol–water partition coefficient (Wildman–Crippen LogP) is 2.63. The summed E-state index contributed by atoms with van der Waals surface area (Å²) in [5, 5.41) is 0. The standard InChI is InChI=1S/C16H31NO4/c1-8-14(18)20-12(2)10-17(7)11-13(3)21-15(19)9-16(4,5)6/h12-13H,8-11H2,1-7H3. The number of esters is 2. The minimum Gasteiger partial charge on any atom is -0.461 e. The molecule has 0 saturated carbocycles. The first kappa shape index (κ1) is 19.9.